The topological polar surface area (TPSA) is 108 Å². The van der Waals surface area contributed by atoms with Crippen LogP contribution in [-0.4, -0.2) is 24.7 Å². The Kier molecular flexibility index (Phi) is 3.90. The zero-order valence-electron chi connectivity index (χ0n) is 12.6. The number of aryl methyl sites for hydroxylation is 1. The van der Waals surface area contributed by atoms with Gasteiger partial charge in [-0.1, -0.05) is 35.9 Å². The Labute approximate surface area is 137 Å². The normalized spacial score (nSPS) is 11.4. The first-order valence-electron chi connectivity index (χ1n) is 6.98. The summed E-state index contributed by atoms with van der Waals surface area (Å²) >= 11 is 0. The van der Waals surface area contributed by atoms with Gasteiger partial charge in [0.05, 0.1) is 10.4 Å². The molecule has 1 aromatic heterocycles. The van der Waals surface area contributed by atoms with Gasteiger partial charge in [-0.2, -0.15) is 0 Å². The average molecular weight is 346 g/mol. The number of para-hydroxylation sites is 1. The molecule has 0 aliphatic heterocycles. The lowest BCUT2D eigenvalue weighted by Gasteiger charge is -2.09. The van der Waals surface area contributed by atoms with Gasteiger partial charge in [-0.05, 0) is 25.1 Å². The number of ether oxygens (including phenoxy) is 1. The summed E-state index contributed by atoms with van der Waals surface area (Å²) in [5, 5.41) is 9.35. The van der Waals surface area contributed by atoms with E-state index in [9.17, 15) is 13.2 Å². The van der Waals surface area contributed by atoms with E-state index < -0.39 is 16.2 Å². The van der Waals surface area contributed by atoms with E-state index >= 15 is 0 Å². The largest absolute Gasteiger partial charge is 0.512 e. The van der Waals surface area contributed by atoms with Crippen molar-refractivity contribution in [1.82, 2.24) is 4.98 Å². The molecule has 3 rings (SSSR count). The predicted molar refractivity (Wildman–Crippen MR) is 88.9 cm³/mol. The van der Waals surface area contributed by atoms with E-state index in [4.69, 9.17) is 5.11 Å². The number of carboxylic acid groups (broad SMARTS) is 1. The summed E-state index contributed by atoms with van der Waals surface area (Å²) in [6.07, 6.45) is -1.54. The average Bonchev–Trinajstić information content (AvgIpc) is 2.84. The van der Waals surface area contributed by atoms with Gasteiger partial charge in [-0.15, -0.1) is 0 Å². The third kappa shape index (κ3) is 3.04. The van der Waals surface area contributed by atoms with Gasteiger partial charge in [0.1, 0.15) is 5.69 Å². The van der Waals surface area contributed by atoms with Crippen molar-refractivity contribution in [2.24, 2.45) is 0 Å². The Morgan fingerprint density at radius 2 is 1.79 bits per heavy atom. The summed E-state index contributed by atoms with van der Waals surface area (Å²) < 4.78 is 32.2. The van der Waals surface area contributed by atoms with Gasteiger partial charge >= 0.3 is 6.16 Å². The first-order chi connectivity index (χ1) is 11.4. The molecule has 3 aromatic rings. The molecule has 124 valence electrons. The van der Waals surface area contributed by atoms with Crippen molar-refractivity contribution in [2.75, 3.05) is 4.72 Å². The van der Waals surface area contributed by atoms with Crippen LogP contribution in [-0.2, 0) is 10.0 Å². The van der Waals surface area contributed by atoms with Gasteiger partial charge in [0.2, 0.25) is 5.88 Å². The zero-order valence-corrected chi connectivity index (χ0v) is 13.4. The lowest BCUT2D eigenvalue weighted by molar-refractivity contribution is 0.143. The Morgan fingerprint density at radius 3 is 2.46 bits per heavy atom. The molecule has 0 atom stereocenters. The zero-order chi connectivity index (χ0) is 17.3. The number of hydrogen-bond donors (Lipinski definition) is 3. The van der Waals surface area contributed by atoms with Crippen LogP contribution < -0.4 is 9.46 Å². The number of carbonyl (C=O) groups is 1. The molecule has 0 aliphatic rings. The number of rotatable bonds is 4. The van der Waals surface area contributed by atoms with Crippen molar-refractivity contribution in [2.45, 2.75) is 11.8 Å². The van der Waals surface area contributed by atoms with Gasteiger partial charge in [0.15, 0.2) is 0 Å². The molecule has 1 heterocycles. The molecule has 0 bridgehead atoms. The van der Waals surface area contributed by atoms with Crippen molar-refractivity contribution >= 4 is 32.8 Å². The number of sulfonamides is 1. The number of H-pyrrole nitrogens is 1. The van der Waals surface area contributed by atoms with Gasteiger partial charge in [0, 0.05) is 5.39 Å². The number of aromatic amines is 1. The highest BCUT2D eigenvalue weighted by Gasteiger charge is 2.22. The highest BCUT2D eigenvalue weighted by Crippen LogP contribution is 2.35. The fraction of sp³-hybridized carbons (Fsp3) is 0.0625. The molecule has 0 fully saturated rings. The molecule has 7 nitrogen and oxygen atoms in total. The maximum atomic E-state index is 12.6. The van der Waals surface area contributed by atoms with Crippen LogP contribution in [0.15, 0.2) is 53.4 Å². The number of anilines is 1. The molecule has 3 N–H and O–H groups in total. The second-order valence-corrected chi connectivity index (χ2v) is 6.84. The van der Waals surface area contributed by atoms with E-state index in [1.165, 1.54) is 12.1 Å². The Morgan fingerprint density at radius 1 is 1.12 bits per heavy atom. The third-order valence-corrected chi connectivity index (χ3v) is 4.79. The number of benzene rings is 2. The summed E-state index contributed by atoms with van der Waals surface area (Å²) in [5.74, 6) is -0.181. The van der Waals surface area contributed by atoms with Crippen LogP contribution in [0.1, 0.15) is 5.56 Å². The van der Waals surface area contributed by atoms with Crippen molar-refractivity contribution in [1.29, 1.82) is 0 Å². The Hall–Kier alpha value is -3.00. The molecule has 0 aliphatic carbocycles. The smallest absolute Gasteiger partial charge is 0.449 e. The standard InChI is InChI=1S/C16H14N2O5S/c1-10-6-8-11(9-7-10)24(21,22)18-14-12-4-2-3-5-13(12)17-15(14)23-16(19)20/h2-9,17-18H,1H3,(H,19,20). The van der Waals surface area contributed by atoms with E-state index in [-0.39, 0.29) is 16.5 Å². The molecule has 24 heavy (non-hydrogen) atoms. The van der Waals surface area contributed by atoms with Gasteiger partial charge in [0.25, 0.3) is 10.0 Å². The quantitative estimate of drug-likeness (QED) is 0.628. The number of nitrogens with one attached hydrogen (secondary N) is 2. The first-order valence-corrected chi connectivity index (χ1v) is 8.46. The molecule has 8 heteroatoms. The molecular weight excluding hydrogens is 332 g/mol. The number of fused-ring (bicyclic) bond motifs is 1. The molecule has 0 spiro atoms. The van der Waals surface area contributed by atoms with E-state index in [0.29, 0.717) is 10.9 Å². The number of aromatic nitrogens is 1. The summed E-state index contributed by atoms with van der Waals surface area (Å²) in [6, 6.07) is 13.1. The van der Waals surface area contributed by atoms with E-state index in [2.05, 4.69) is 14.4 Å². The summed E-state index contributed by atoms with van der Waals surface area (Å²) in [4.78, 5) is 13.7. The predicted octanol–water partition coefficient (Wildman–Crippen LogP) is 3.33. The van der Waals surface area contributed by atoms with Crippen molar-refractivity contribution in [3.8, 4) is 5.88 Å². The van der Waals surface area contributed by atoms with Crippen LogP contribution in [0, 0.1) is 6.92 Å². The van der Waals surface area contributed by atoms with Crippen molar-refractivity contribution in [3.63, 3.8) is 0 Å². The lowest BCUT2D eigenvalue weighted by atomic mass is 10.2. The molecule has 0 radical (unpaired) electrons. The highest BCUT2D eigenvalue weighted by molar-refractivity contribution is 7.92. The number of hydrogen-bond acceptors (Lipinski definition) is 4. The summed E-state index contributed by atoms with van der Waals surface area (Å²) in [7, 11) is -3.89. The Bertz CT molecular complexity index is 1010. The van der Waals surface area contributed by atoms with Crippen molar-refractivity contribution < 1.29 is 23.1 Å². The maximum absolute atomic E-state index is 12.6. The van der Waals surface area contributed by atoms with Crippen LogP contribution in [0.25, 0.3) is 10.9 Å². The second-order valence-electron chi connectivity index (χ2n) is 5.16. The molecule has 0 saturated carbocycles. The molecule has 0 saturated heterocycles. The van der Waals surface area contributed by atoms with Gasteiger partial charge in [-0.25, -0.2) is 13.2 Å². The minimum Gasteiger partial charge on any atom is -0.449 e. The monoisotopic (exact) mass is 346 g/mol. The van der Waals surface area contributed by atoms with Crippen LogP contribution >= 0.6 is 0 Å². The minimum absolute atomic E-state index is 0.0496. The second kappa shape index (κ2) is 5.89. The van der Waals surface area contributed by atoms with Crippen LogP contribution in [0.5, 0.6) is 5.88 Å². The van der Waals surface area contributed by atoms with Gasteiger partial charge in [-0.3, -0.25) is 4.72 Å². The van der Waals surface area contributed by atoms with Gasteiger partial charge < -0.3 is 14.8 Å². The van der Waals surface area contributed by atoms with Crippen LogP contribution in [0.2, 0.25) is 0 Å². The van der Waals surface area contributed by atoms with Crippen molar-refractivity contribution in [3.05, 3.63) is 54.1 Å². The molecular formula is C16H14N2O5S. The summed E-state index contributed by atoms with van der Waals surface area (Å²) in [5.41, 5.74) is 1.53. The van der Waals surface area contributed by atoms with E-state index in [0.717, 1.165) is 5.56 Å². The summed E-state index contributed by atoms with van der Waals surface area (Å²) in [6.45, 7) is 1.85. The lowest BCUT2D eigenvalue weighted by Crippen LogP contribution is -2.14. The molecule has 0 unspecified atom stereocenters. The van der Waals surface area contributed by atoms with E-state index in [1.54, 1.807) is 36.4 Å². The van der Waals surface area contributed by atoms with E-state index in [1.807, 2.05) is 6.92 Å². The minimum atomic E-state index is -3.89. The fourth-order valence-electron chi connectivity index (χ4n) is 2.29. The maximum Gasteiger partial charge on any atom is 0.512 e. The highest BCUT2D eigenvalue weighted by atomic mass is 32.2. The molecule has 2 aromatic carbocycles. The first kappa shape index (κ1) is 15.9. The SMILES string of the molecule is Cc1ccc(S(=O)(=O)Nc2c(OC(=O)O)[nH]c3ccccc23)cc1. The Balaban J connectivity index is 2.08. The molecule has 0 amide bonds. The van der Waals surface area contributed by atoms with Crippen LogP contribution in [0.4, 0.5) is 10.5 Å². The van der Waals surface area contributed by atoms with Crippen LogP contribution in [0.3, 0.4) is 0 Å². The fourth-order valence-corrected chi connectivity index (χ4v) is 3.38. The third-order valence-electron chi connectivity index (χ3n) is 3.43.